The summed E-state index contributed by atoms with van der Waals surface area (Å²) in [5.41, 5.74) is 0.976. The Morgan fingerprint density at radius 2 is 2.05 bits per heavy atom. The fourth-order valence-electron chi connectivity index (χ4n) is 2.53. The number of hydrogen-bond acceptors (Lipinski definition) is 5. The molecule has 0 aromatic heterocycles. The van der Waals surface area contributed by atoms with Gasteiger partial charge in [0.25, 0.3) is 5.69 Å². The number of nitro benzene ring substituents is 1. The maximum atomic E-state index is 11.6. The van der Waals surface area contributed by atoms with Crippen LogP contribution in [0.5, 0.6) is 0 Å². The normalized spacial score (nSPS) is 20.5. The molecule has 6 nitrogen and oxygen atoms in total. The Labute approximate surface area is 124 Å². The Balaban J connectivity index is 2.09. The Morgan fingerprint density at radius 3 is 2.52 bits per heavy atom. The van der Waals surface area contributed by atoms with Crippen LogP contribution in [-0.4, -0.2) is 42.3 Å². The molecule has 0 unspecified atom stereocenters. The summed E-state index contributed by atoms with van der Waals surface area (Å²) in [7, 11) is -2.93. The average molecular weight is 310 g/mol. The Morgan fingerprint density at radius 1 is 1.38 bits per heavy atom. The van der Waals surface area contributed by atoms with Gasteiger partial charge in [0.1, 0.15) is 0 Å². The van der Waals surface area contributed by atoms with E-state index in [4.69, 9.17) is 0 Å². The zero-order valence-corrected chi connectivity index (χ0v) is 12.5. The fourth-order valence-corrected chi connectivity index (χ4v) is 4.29. The van der Waals surface area contributed by atoms with Crippen LogP contribution in [0.1, 0.15) is 12.0 Å². The van der Waals surface area contributed by atoms with E-state index >= 15 is 0 Å². The molecule has 0 aliphatic carbocycles. The van der Waals surface area contributed by atoms with Crippen molar-refractivity contribution in [3.63, 3.8) is 0 Å². The van der Waals surface area contributed by atoms with Gasteiger partial charge in [-0.2, -0.15) is 0 Å². The van der Waals surface area contributed by atoms with E-state index in [1.54, 1.807) is 18.2 Å². The van der Waals surface area contributed by atoms with Gasteiger partial charge in [0, 0.05) is 31.3 Å². The highest BCUT2D eigenvalue weighted by Crippen LogP contribution is 2.21. The van der Waals surface area contributed by atoms with Crippen molar-refractivity contribution in [1.82, 2.24) is 4.90 Å². The Bertz CT molecular complexity index is 625. The monoisotopic (exact) mass is 310 g/mol. The molecule has 0 N–H and O–H groups in total. The van der Waals surface area contributed by atoms with E-state index < -0.39 is 14.8 Å². The number of non-ortho nitro benzene ring substituents is 1. The Hall–Kier alpha value is -1.73. The van der Waals surface area contributed by atoms with Gasteiger partial charge in [0.05, 0.1) is 16.4 Å². The molecular weight excluding hydrogens is 292 g/mol. The highest BCUT2D eigenvalue weighted by Gasteiger charge is 2.31. The van der Waals surface area contributed by atoms with Crippen LogP contribution in [0.2, 0.25) is 0 Å². The third-order valence-electron chi connectivity index (χ3n) is 3.62. The van der Waals surface area contributed by atoms with Crippen molar-refractivity contribution in [2.45, 2.75) is 19.0 Å². The minimum Gasteiger partial charge on any atom is -0.291 e. The van der Waals surface area contributed by atoms with Crippen LogP contribution in [0.25, 0.3) is 0 Å². The van der Waals surface area contributed by atoms with Gasteiger partial charge in [-0.15, -0.1) is 6.58 Å². The summed E-state index contributed by atoms with van der Waals surface area (Å²) in [6.45, 7) is 4.86. The second-order valence-corrected chi connectivity index (χ2v) is 7.43. The standard InChI is InChI=1S/C14H18N2O4S/c1-2-8-15(14-7-9-21(19,20)11-14)10-12-3-5-13(6-4-12)16(17)18/h2-6,14H,1,7-11H2/t14-/m0/s1. The molecule has 1 aliphatic rings. The molecule has 0 bridgehead atoms. The van der Waals surface area contributed by atoms with Crippen molar-refractivity contribution in [3.05, 3.63) is 52.6 Å². The molecule has 1 aromatic rings. The van der Waals surface area contributed by atoms with Crippen LogP contribution in [-0.2, 0) is 16.4 Å². The largest absolute Gasteiger partial charge is 0.291 e. The molecule has 7 heteroatoms. The minimum atomic E-state index is -2.93. The van der Waals surface area contributed by atoms with Crippen molar-refractivity contribution >= 4 is 15.5 Å². The van der Waals surface area contributed by atoms with E-state index in [-0.39, 0.29) is 23.2 Å². The highest BCUT2D eigenvalue weighted by molar-refractivity contribution is 7.91. The summed E-state index contributed by atoms with van der Waals surface area (Å²) in [5.74, 6) is 0.402. The number of sulfone groups is 1. The van der Waals surface area contributed by atoms with Gasteiger partial charge in [-0.3, -0.25) is 15.0 Å². The molecule has 1 aliphatic heterocycles. The number of benzene rings is 1. The van der Waals surface area contributed by atoms with Crippen molar-refractivity contribution in [3.8, 4) is 0 Å². The first-order valence-electron chi connectivity index (χ1n) is 6.70. The maximum Gasteiger partial charge on any atom is 0.269 e. The van der Waals surface area contributed by atoms with Crippen molar-refractivity contribution in [2.75, 3.05) is 18.1 Å². The van der Waals surface area contributed by atoms with Crippen LogP contribution >= 0.6 is 0 Å². The summed E-state index contributed by atoms with van der Waals surface area (Å²) < 4.78 is 23.2. The number of hydrogen-bond donors (Lipinski definition) is 0. The zero-order valence-electron chi connectivity index (χ0n) is 11.6. The van der Waals surface area contributed by atoms with Crippen LogP contribution in [0.4, 0.5) is 5.69 Å². The first kappa shape index (κ1) is 15.7. The molecule has 0 spiro atoms. The molecule has 114 valence electrons. The van der Waals surface area contributed by atoms with Gasteiger partial charge in [-0.05, 0) is 12.0 Å². The third kappa shape index (κ3) is 4.12. The lowest BCUT2D eigenvalue weighted by molar-refractivity contribution is -0.384. The lowest BCUT2D eigenvalue weighted by Gasteiger charge is -2.26. The molecule has 1 saturated heterocycles. The third-order valence-corrected chi connectivity index (χ3v) is 5.37. The molecule has 0 saturated carbocycles. The summed E-state index contributed by atoms with van der Waals surface area (Å²) in [4.78, 5) is 12.3. The predicted molar refractivity (Wildman–Crippen MR) is 80.8 cm³/mol. The quantitative estimate of drug-likeness (QED) is 0.454. The van der Waals surface area contributed by atoms with E-state index in [0.717, 1.165) is 5.56 Å². The summed E-state index contributed by atoms with van der Waals surface area (Å²) in [6, 6.07) is 6.33. The molecule has 2 rings (SSSR count). The molecule has 1 fully saturated rings. The van der Waals surface area contributed by atoms with Gasteiger partial charge >= 0.3 is 0 Å². The van der Waals surface area contributed by atoms with Crippen molar-refractivity contribution in [2.24, 2.45) is 0 Å². The summed E-state index contributed by atoms with van der Waals surface area (Å²) in [6.07, 6.45) is 2.37. The first-order valence-corrected chi connectivity index (χ1v) is 8.52. The van der Waals surface area contributed by atoms with Gasteiger partial charge < -0.3 is 0 Å². The molecule has 0 amide bonds. The highest BCUT2D eigenvalue weighted by atomic mass is 32.2. The number of nitrogens with zero attached hydrogens (tertiary/aromatic N) is 2. The zero-order chi connectivity index (χ0) is 15.5. The Kier molecular flexibility index (Phi) is 4.74. The van der Waals surface area contributed by atoms with Crippen LogP contribution in [0.3, 0.4) is 0 Å². The van der Waals surface area contributed by atoms with Crippen molar-refractivity contribution < 1.29 is 13.3 Å². The predicted octanol–water partition coefficient (Wildman–Crippen LogP) is 1.77. The molecule has 1 aromatic carbocycles. The summed E-state index contributed by atoms with van der Waals surface area (Å²) >= 11 is 0. The number of rotatable bonds is 6. The van der Waals surface area contributed by atoms with Crippen LogP contribution in [0, 0.1) is 10.1 Å². The smallest absolute Gasteiger partial charge is 0.269 e. The molecule has 21 heavy (non-hydrogen) atoms. The van der Waals surface area contributed by atoms with Gasteiger partial charge in [-0.25, -0.2) is 8.42 Å². The lowest BCUT2D eigenvalue weighted by Crippen LogP contribution is -2.35. The topological polar surface area (TPSA) is 80.5 Å². The van der Waals surface area contributed by atoms with Gasteiger partial charge in [0.15, 0.2) is 9.84 Å². The lowest BCUT2D eigenvalue weighted by atomic mass is 10.1. The second kappa shape index (κ2) is 6.36. The summed E-state index contributed by atoms with van der Waals surface area (Å²) in [5, 5.41) is 10.6. The van der Waals surface area contributed by atoms with E-state index in [9.17, 15) is 18.5 Å². The van der Waals surface area contributed by atoms with Crippen LogP contribution < -0.4 is 0 Å². The van der Waals surface area contributed by atoms with E-state index in [1.807, 2.05) is 0 Å². The van der Waals surface area contributed by atoms with E-state index in [1.165, 1.54) is 12.1 Å². The second-order valence-electron chi connectivity index (χ2n) is 5.20. The van der Waals surface area contributed by atoms with E-state index in [0.29, 0.717) is 19.5 Å². The van der Waals surface area contributed by atoms with Crippen LogP contribution in [0.15, 0.2) is 36.9 Å². The SMILES string of the molecule is C=CCN(Cc1ccc([N+](=O)[O-])cc1)[C@H]1CCS(=O)(=O)C1. The molecule has 1 atom stereocenters. The van der Waals surface area contributed by atoms with Crippen molar-refractivity contribution in [1.29, 1.82) is 0 Å². The fraction of sp³-hybridized carbons (Fsp3) is 0.429. The average Bonchev–Trinajstić information content (AvgIpc) is 2.79. The van der Waals surface area contributed by atoms with E-state index in [2.05, 4.69) is 11.5 Å². The molecular formula is C14H18N2O4S. The van der Waals surface area contributed by atoms with Gasteiger partial charge in [-0.1, -0.05) is 18.2 Å². The first-order chi connectivity index (χ1) is 9.91. The van der Waals surface area contributed by atoms with Gasteiger partial charge in [0.2, 0.25) is 0 Å². The minimum absolute atomic E-state index is 0.0109. The molecule has 0 radical (unpaired) electrons. The molecule has 1 heterocycles. The maximum absolute atomic E-state index is 11.6. The number of nitro groups is 1.